The van der Waals surface area contributed by atoms with Crippen molar-refractivity contribution in [3.8, 4) is 0 Å². The zero-order valence-electron chi connectivity index (χ0n) is 9.81. The molecule has 1 saturated heterocycles. The van der Waals surface area contributed by atoms with Crippen LogP contribution in [0.1, 0.15) is 24.3 Å². The topological polar surface area (TPSA) is 90.4 Å². The molecule has 94 valence electrons. The molecule has 0 aromatic carbocycles. The van der Waals surface area contributed by atoms with E-state index in [-0.39, 0.29) is 18.1 Å². The normalized spacial score (nSPS) is 23.9. The third kappa shape index (κ3) is 3.04. The molecule has 0 saturated carbocycles. The van der Waals surface area contributed by atoms with E-state index in [9.17, 15) is 4.79 Å². The van der Waals surface area contributed by atoms with Gasteiger partial charge in [-0.1, -0.05) is 5.16 Å². The number of carbonyl (C=O) groups excluding carboxylic acids is 1. The number of ether oxygens (including phenoxy) is 1. The van der Waals surface area contributed by atoms with Crippen molar-refractivity contribution >= 4 is 5.91 Å². The number of hydrogen-bond donors (Lipinski definition) is 2. The number of aryl methyl sites for hydroxylation is 1. The van der Waals surface area contributed by atoms with Crippen LogP contribution in [0.4, 0.5) is 0 Å². The van der Waals surface area contributed by atoms with Gasteiger partial charge in [0.05, 0.1) is 12.6 Å². The Kier molecular flexibility index (Phi) is 3.75. The summed E-state index contributed by atoms with van der Waals surface area (Å²) in [5, 5.41) is 6.57. The maximum absolute atomic E-state index is 11.8. The summed E-state index contributed by atoms with van der Waals surface area (Å²) in [6.45, 7) is 2.64. The predicted octanol–water partition coefficient (Wildman–Crippen LogP) is 0.106. The average Bonchev–Trinajstić information content (AvgIpc) is 2.94. The fourth-order valence-electron chi connectivity index (χ4n) is 1.86. The number of nitrogens with two attached hydrogens (primary N) is 1. The summed E-state index contributed by atoms with van der Waals surface area (Å²) < 4.78 is 10.4. The molecule has 1 aliphatic heterocycles. The molecule has 2 heterocycles. The fourth-order valence-corrected chi connectivity index (χ4v) is 1.86. The van der Waals surface area contributed by atoms with Crippen molar-refractivity contribution in [2.75, 3.05) is 6.54 Å². The van der Waals surface area contributed by atoms with Crippen molar-refractivity contribution in [2.24, 2.45) is 5.73 Å². The zero-order valence-corrected chi connectivity index (χ0v) is 9.81. The monoisotopic (exact) mass is 239 g/mol. The Morgan fingerprint density at radius 3 is 3.06 bits per heavy atom. The Morgan fingerprint density at radius 1 is 1.65 bits per heavy atom. The first-order chi connectivity index (χ1) is 8.19. The smallest absolute Gasteiger partial charge is 0.249 e. The van der Waals surface area contributed by atoms with Crippen LogP contribution in [0.2, 0.25) is 0 Å². The van der Waals surface area contributed by atoms with Gasteiger partial charge < -0.3 is 20.3 Å². The van der Waals surface area contributed by atoms with E-state index in [0.717, 1.165) is 18.6 Å². The first kappa shape index (κ1) is 12.1. The minimum absolute atomic E-state index is 0.0139. The Balaban J connectivity index is 1.78. The van der Waals surface area contributed by atoms with Crippen molar-refractivity contribution in [1.29, 1.82) is 0 Å². The van der Waals surface area contributed by atoms with Crippen LogP contribution in [-0.2, 0) is 16.1 Å². The quantitative estimate of drug-likeness (QED) is 0.778. The molecule has 2 rings (SSSR count). The second kappa shape index (κ2) is 5.29. The highest BCUT2D eigenvalue weighted by Gasteiger charge is 2.29. The summed E-state index contributed by atoms with van der Waals surface area (Å²) >= 11 is 0. The highest BCUT2D eigenvalue weighted by molar-refractivity contribution is 5.80. The van der Waals surface area contributed by atoms with Crippen molar-refractivity contribution in [1.82, 2.24) is 10.5 Å². The summed E-state index contributed by atoms with van der Waals surface area (Å²) in [6, 6.07) is 1.79. The number of hydrogen-bond acceptors (Lipinski definition) is 5. The van der Waals surface area contributed by atoms with Gasteiger partial charge in [-0.15, -0.1) is 0 Å². The van der Waals surface area contributed by atoms with E-state index < -0.39 is 0 Å². The Morgan fingerprint density at radius 2 is 2.47 bits per heavy atom. The lowest BCUT2D eigenvalue weighted by Crippen LogP contribution is -2.35. The number of carbonyl (C=O) groups is 1. The Labute approximate surface area is 99.5 Å². The Bertz CT molecular complexity index is 391. The minimum atomic E-state index is -0.378. The number of nitrogens with one attached hydrogen (secondary N) is 1. The van der Waals surface area contributed by atoms with Gasteiger partial charge in [0.1, 0.15) is 17.6 Å². The van der Waals surface area contributed by atoms with Gasteiger partial charge in [0, 0.05) is 12.6 Å². The van der Waals surface area contributed by atoms with Crippen LogP contribution in [0, 0.1) is 6.92 Å². The number of rotatable bonds is 4. The van der Waals surface area contributed by atoms with E-state index in [4.69, 9.17) is 15.0 Å². The molecule has 17 heavy (non-hydrogen) atoms. The van der Waals surface area contributed by atoms with Gasteiger partial charge in [-0.3, -0.25) is 4.79 Å². The lowest BCUT2D eigenvalue weighted by Gasteiger charge is -2.11. The molecule has 1 aromatic heterocycles. The molecule has 1 aromatic rings. The second-order valence-electron chi connectivity index (χ2n) is 4.21. The van der Waals surface area contributed by atoms with E-state index in [2.05, 4.69) is 10.5 Å². The van der Waals surface area contributed by atoms with Gasteiger partial charge >= 0.3 is 0 Å². The summed E-state index contributed by atoms with van der Waals surface area (Å²) in [5.41, 5.74) is 6.20. The number of amides is 1. The lowest BCUT2D eigenvalue weighted by atomic mass is 10.2. The van der Waals surface area contributed by atoms with Gasteiger partial charge in [-0.2, -0.15) is 0 Å². The van der Waals surface area contributed by atoms with Crippen molar-refractivity contribution in [3.05, 3.63) is 17.5 Å². The molecule has 0 aliphatic carbocycles. The van der Waals surface area contributed by atoms with Gasteiger partial charge in [0.25, 0.3) is 0 Å². The van der Waals surface area contributed by atoms with Gasteiger partial charge in [-0.05, 0) is 19.8 Å². The van der Waals surface area contributed by atoms with Crippen LogP contribution in [0.25, 0.3) is 0 Å². The molecule has 0 spiro atoms. The van der Waals surface area contributed by atoms with Gasteiger partial charge in [0.2, 0.25) is 5.91 Å². The van der Waals surface area contributed by atoms with E-state index in [1.165, 1.54) is 0 Å². The van der Waals surface area contributed by atoms with Crippen LogP contribution in [0.5, 0.6) is 0 Å². The van der Waals surface area contributed by atoms with E-state index in [0.29, 0.717) is 18.8 Å². The summed E-state index contributed by atoms with van der Waals surface area (Å²) in [6.07, 6.45) is 1.21. The molecule has 1 amide bonds. The predicted molar refractivity (Wildman–Crippen MR) is 60.0 cm³/mol. The summed E-state index contributed by atoms with van der Waals surface area (Å²) in [5.74, 6) is 0.621. The number of aromatic nitrogens is 1. The lowest BCUT2D eigenvalue weighted by molar-refractivity contribution is -0.132. The highest BCUT2D eigenvalue weighted by Crippen LogP contribution is 2.18. The minimum Gasteiger partial charge on any atom is -0.364 e. The maximum atomic E-state index is 11.8. The molecule has 2 atom stereocenters. The van der Waals surface area contributed by atoms with Crippen LogP contribution in [0.3, 0.4) is 0 Å². The van der Waals surface area contributed by atoms with Gasteiger partial charge in [-0.25, -0.2) is 0 Å². The third-order valence-corrected chi connectivity index (χ3v) is 2.78. The molecule has 1 fully saturated rings. The van der Waals surface area contributed by atoms with Crippen molar-refractivity contribution < 1.29 is 14.1 Å². The van der Waals surface area contributed by atoms with Crippen molar-refractivity contribution in [2.45, 2.75) is 38.5 Å². The maximum Gasteiger partial charge on any atom is 0.249 e. The number of nitrogens with zero attached hydrogens (tertiary/aromatic N) is 1. The van der Waals surface area contributed by atoms with E-state index >= 15 is 0 Å². The van der Waals surface area contributed by atoms with E-state index in [1.807, 2.05) is 6.92 Å². The van der Waals surface area contributed by atoms with Gasteiger partial charge in [0.15, 0.2) is 0 Å². The Hall–Kier alpha value is -1.40. The molecule has 0 bridgehead atoms. The average molecular weight is 239 g/mol. The molecule has 6 nitrogen and oxygen atoms in total. The van der Waals surface area contributed by atoms with Crippen LogP contribution in [0.15, 0.2) is 10.6 Å². The standard InChI is InChI=1S/C11H17N3O3/c1-7-4-8(14-17-7)6-13-11(15)10-3-2-9(5-12)16-10/h4,9-10H,2-3,5-6,12H2,1H3,(H,13,15). The fraction of sp³-hybridized carbons (Fsp3) is 0.636. The molecule has 1 aliphatic rings. The first-order valence-corrected chi connectivity index (χ1v) is 5.74. The van der Waals surface area contributed by atoms with Crippen molar-refractivity contribution in [3.63, 3.8) is 0 Å². The van der Waals surface area contributed by atoms with E-state index in [1.54, 1.807) is 6.07 Å². The van der Waals surface area contributed by atoms with Crippen LogP contribution < -0.4 is 11.1 Å². The SMILES string of the molecule is Cc1cc(CNC(=O)C2CCC(CN)O2)no1. The summed E-state index contributed by atoms with van der Waals surface area (Å²) in [4.78, 5) is 11.8. The molecule has 3 N–H and O–H groups in total. The van der Waals surface area contributed by atoms with Crippen LogP contribution in [-0.4, -0.2) is 29.8 Å². The second-order valence-corrected chi connectivity index (χ2v) is 4.21. The van der Waals surface area contributed by atoms with Crippen LogP contribution >= 0.6 is 0 Å². The first-order valence-electron chi connectivity index (χ1n) is 5.74. The largest absolute Gasteiger partial charge is 0.364 e. The molecular formula is C11H17N3O3. The summed E-state index contributed by atoms with van der Waals surface area (Å²) in [7, 11) is 0. The molecular weight excluding hydrogens is 222 g/mol. The molecule has 2 unspecified atom stereocenters. The zero-order chi connectivity index (χ0) is 12.3. The molecule has 0 radical (unpaired) electrons. The third-order valence-electron chi connectivity index (χ3n) is 2.78. The molecule has 6 heteroatoms. The highest BCUT2D eigenvalue weighted by atomic mass is 16.5.